The van der Waals surface area contributed by atoms with E-state index in [1.807, 2.05) is 11.3 Å². The smallest absolute Gasteiger partial charge is 0.0433 e. The third-order valence-corrected chi connectivity index (χ3v) is 7.08. The van der Waals surface area contributed by atoms with E-state index in [9.17, 15) is 0 Å². The Kier molecular flexibility index (Phi) is 4.14. The van der Waals surface area contributed by atoms with Crippen molar-refractivity contribution < 1.29 is 0 Å². The van der Waals surface area contributed by atoms with Crippen molar-refractivity contribution in [3.8, 4) is 11.1 Å². The highest BCUT2D eigenvalue weighted by Crippen LogP contribution is 2.39. The summed E-state index contributed by atoms with van der Waals surface area (Å²) in [4.78, 5) is 0. The van der Waals surface area contributed by atoms with Crippen LogP contribution < -0.4 is 0 Å². The molecule has 1 heterocycles. The van der Waals surface area contributed by atoms with Crippen LogP contribution in [0.3, 0.4) is 0 Å². The highest BCUT2D eigenvalue weighted by Gasteiger charge is 2.10. The Morgan fingerprint density at radius 1 is 0.533 bits per heavy atom. The molecule has 0 N–H and O–H groups in total. The van der Waals surface area contributed by atoms with Crippen molar-refractivity contribution >= 4 is 42.3 Å². The summed E-state index contributed by atoms with van der Waals surface area (Å²) in [5.74, 6) is 0. The molecule has 30 heavy (non-hydrogen) atoms. The van der Waals surface area contributed by atoms with E-state index in [-0.39, 0.29) is 0 Å². The number of thiophene rings is 1. The molecule has 0 nitrogen and oxygen atoms in total. The summed E-state index contributed by atoms with van der Waals surface area (Å²) in [5, 5.41) is 5.31. The molecule has 0 amide bonds. The van der Waals surface area contributed by atoms with Gasteiger partial charge >= 0.3 is 0 Å². The number of hydrogen-bond donors (Lipinski definition) is 0. The number of hydrogen-bond acceptors (Lipinski definition) is 1. The van der Waals surface area contributed by atoms with E-state index in [4.69, 9.17) is 0 Å². The Morgan fingerprint density at radius 3 is 2.27 bits per heavy atom. The summed E-state index contributed by atoms with van der Waals surface area (Å²) in [6, 6.07) is 39.8. The highest BCUT2D eigenvalue weighted by atomic mass is 32.1. The van der Waals surface area contributed by atoms with Crippen molar-refractivity contribution in [2.24, 2.45) is 0 Å². The Bertz CT molecular complexity index is 1520. The third-order valence-electron chi connectivity index (χ3n) is 5.86. The van der Waals surface area contributed by atoms with Crippen LogP contribution in [-0.4, -0.2) is 0 Å². The molecule has 0 unspecified atom stereocenters. The summed E-state index contributed by atoms with van der Waals surface area (Å²) in [7, 11) is 0. The van der Waals surface area contributed by atoms with Crippen molar-refractivity contribution in [2.45, 2.75) is 6.42 Å². The lowest BCUT2D eigenvalue weighted by Crippen LogP contribution is -1.89. The number of rotatable bonds is 3. The minimum absolute atomic E-state index is 0.946. The Balaban J connectivity index is 1.42. The van der Waals surface area contributed by atoms with Gasteiger partial charge < -0.3 is 0 Å². The molecule has 0 atom stereocenters. The second-order valence-electron chi connectivity index (χ2n) is 7.84. The van der Waals surface area contributed by atoms with Gasteiger partial charge in [0, 0.05) is 20.2 Å². The molecule has 1 aromatic heterocycles. The lowest BCUT2D eigenvalue weighted by molar-refractivity contribution is 1.20. The molecule has 0 saturated heterocycles. The quantitative estimate of drug-likeness (QED) is 0.279. The van der Waals surface area contributed by atoms with Crippen LogP contribution in [0, 0.1) is 0 Å². The van der Waals surface area contributed by atoms with Gasteiger partial charge in [-0.1, -0.05) is 103 Å². The molecular weight excluding hydrogens is 380 g/mol. The second-order valence-corrected chi connectivity index (χ2v) is 8.89. The predicted octanol–water partition coefficient (Wildman–Crippen LogP) is 8.47. The van der Waals surface area contributed by atoms with E-state index in [2.05, 4.69) is 109 Å². The van der Waals surface area contributed by atoms with E-state index < -0.39 is 0 Å². The maximum Gasteiger partial charge on any atom is 0.0433 e. The van der Waals surface area contributed by atoms with Crippen molar-refractivity contribution in [3.63, 3.8) is 0 Å². The molecule has 0 fully saturated rings. The summed E-state index contributed by atoms with van der Waals surface area (Å²) in [6.07, 6.45) is 0.946. The van der Waals surface area contributed by atoms with Gasteiger partial charge in [-0.25, -0.2) is 0 Å². The van der Waals surface area contributed by atoms with Gasteiger partial charge in [-0.05, 0) is 45.5 Å². The first kappa shape index (κ1) is 17.4. The molecule has 0 aliphatic rings. The molecule has 0 aliphatic heterocycles. The summed E-state index contributed by atoms with van der Waals surface area (Å²) in [6.45, 7) is 0. The minimum atomic E-state index is 0.946. The van der Waals surface area contributed by atoms with Crippen molar-refractivity contribution in [3.05, 3.63) is 120 Å². The van der Waals surface area contributed by atoms with Crippen LogP contribution in [0.2, 0.25) is 0 Å². The maximum atomic E-state index is 2.36. The molecule has 6 rings (SSSR count). The molecular formula is C29H20S. The van der Waals surface area contributed by atoms with Crippen LogP contribution in [-0.2, 0) is 6.42 Å². The van der Waals surface area contributed by atoms with E-state index >= 15 is 0 Å². The second kappa shape index (κ2) is 7.12. The standard InChI is InChI=1S/C29H20S/c1-2-9-23-18-21(15-16-22(23)8-1)17-20-7-5-10-24(19-20)25-12-6-13-27-26-11-3-4-14-28(26)30-29(25)27/h1-16,18-19H,17H2. The lowest BCUT2D eigenvalue weighted by atomic mass is 9.97. The van der Waals surface area contributed by atoms with Gasteiger partial charge in [-0.15, -0.1) is 11.3 Å². The van der Waals surface area contributed by atoms with Crippen LogP contribution >= 0.6 is 11.3 Å². The third kappa shape index (κ3) is 2.99. The minimum Gasteiger partial charge on any atom is -0.135 e. The largest absolute Gasteiger partial charge is 0.135 e. The van der Waals surface area contributed by atoms with Crippen LogP contribution in [0.5, 0.6) is 0 Å². The Labute approximate surface area is 180 Å². The lowest BCUT2D eigenvalue weighted by Gasteiger charge is -2.08. The predicted molar refractivity (Wildman–Crippen MR) is 132 cm³/mol. The highest BCUT2D eigenvalue weighted by molar-refractivity contribution is 7.26. The topological polar surface area (TPSA) is 0 Å². The van der Waals surface area contributed by atoms with E-state index in [0.29, 0.717) is 0 Å². The van der Waals surface area contributed by atoms with Gasteiger partial charge in [-0.3, -0.25) is 0 Å². The van der Waals surface area contributed by atoms with Gasteiger partial charge in [0.1, 0.15) is 0 Å². The fraction of sp³-hybridized carbons (Fsp3) is 0.0345. The molecule has 142 valence electrons. The van der Waals surface area contributed by atoms with Crippen molar-refractivity contribution in [1.29, 1.82) is 0 Å². The zero-order valence-electron chi connectivity index (χ0n) is 16.5. The van der Waals surface area contributed by atoms with E-state index in [1.165, 1.54) is 53.2 Å². The first-order valence-corrected chi connectivity index (χ1v) is 11.1. The fourth-order valence-corrected chi connectivity index (χ4v) is 5.65. The van der Waals surface area contributed by atoms with Gasteiger partial charge in [0.2, 0.25) is 0 Å². The van der Waals surface area contributed by atoms with Crippen LogP contribution in [0.25, 0.3) is 42.1 Å². The molecule has 0 aliphatic carbocycles. The van der Waals surface area contributed by atoms with Gasteiger partial charge in [-0.2, -0.15) is 0 Å². The molecule has 0 spiro atoms. The maximum absolute atomic E-state index is 2.36. The first-order valence-electron chi connectivity index (χ1n) is 10.3. The molecule has 1 heteroatoms. The Morgan fingerprint density at radius 2 is 1.30 bits per heavy atom. The molecule has 6 aromatic rings. The average Bonchev–Trinajstić information content (AvgIpc) is 3.18. The zero-order chi connectivity index (χ0) is 19.9. The summed E-state index contributed by atoms with van der Waals surface area (Å²) in [5.41, 5.74) is 5.33. The first-order chi connectivity index (χ1) is 14.8. The normalized spacial score (nSPS) is 11.5. The van der Waals surface area contributed by atoms with E-state index in [1.54, 1.807) is 0 Å². The fourth-order valence-electron chi connectivity index (χ4n) is 4.41. The molecule has 0 bridgehead atoms. The van der Waals surface area contributed by atoms with E-state index in [0.717, 1.165) is 6.42 Å². The van der Waals surface area contributed by atoms with Gasteiger partial charge in [0.15, 0.2) is 0 Å². The van der Waals surface area contributed by atoms with Crippen LogP contribution in [0.1, 0.15) is 11.1 Å². The Hall–Kier alpha value is -3.42. The SMILES string of the molecule is c1cc(Cc2ccc3ccccc3c2)cc(-c2cccc3c2sc2ccccc23)c1. The van der Waals surface area contributed by atoms with Crippen molar-refractivity contribution in [2.75, 3.05) is 0 Å². The van der Waals surface area contributed by atoms with Gasteiger partial charge in [0.05, 0.1) is 0 Å². The summed E-state index contributed by atoms with van der Waals surface area (Å²) < 4.78 is 2.73. The van der Waals surface area contributed by atoms with Gasteiger partial charge in [0.25, 0.3) is 0 Å². The van der Waals surface area contributed by atoms with Crippen molar-refractivity contribution in [1.82, 2.24) is 0 Å². The molecule has 0 saturated carbocycles. The van der Waals surface area contributed by atoms with Crippen LogP contribution in [0.4, 0.5) is 0 Å². The monoisotopic (exact) mass is 400 g/mol. The zero-order valence-corrected chi connectivity index (χ0v) is 17.3. The summed E-state index contributed by atoms with van der Waals surface area (Å²) >= 11 is 1.89. The molecule has 5 aromatic carbocycles. The average molecular weight is 401 g/mol. The molecule has 0 radical (unpaired) electrons. The van der Waals surface area contributed by atoms with Crippen LogP contribution in [0.15, 0.2) is 109 Å². The number of fused-ring (bicyclic) bond motifs is 4. The number of benzene rings is 5.